The predicted octanol–water partition coefficient (Wildman–Crippen LogP) is 4.07. The molecule has 0 saturated heterocycles. The Labute approximate surface area is 163 Å². The average molecular weight is 373 g/mol. The summed E-state index contributed by atoms with van der Waals surface area (Å²) in [6.45, 7) is 2.77. The number of rotatable bonds is 7. The van der Waals surface area contributed by atoms with Crippen molar-refractivity contribution in [1.82, 2.24) is 10.3 Å². The van der Waals surface area contributed by atoms with Gasteiger partial charge in [-0.2, -0.15) is 5.26 Å². The molecule has 28 heavy (non-hydrogen) atoms. The highest BCUT2D eigenvalue weighted by molar-refractivity contribution is 5.94. The lowest BCUT2D eigenvalue weighted by atomic mass is 10.1. The van der Waals surface area contributed by atoms with E-state index in [1.54, 1.807) is 36.5 Å². The number of pyridine rings is 1. The number of hydrogen-bond acceptors (Lipinski definition) is 5. The lowest BCUT2D eigenvalue weighted by molar-refractivity contribution is 0.0951. The van der Waals surface area contributed by atoms with Crippen molar-refractivity contribution in [2.24, 2.45) is 0 Å². The topological polar surface area (TPSA) is 84.2 Å². The molecule has 6 heteroatoms. The number of hydrogen-bond donors (Lipinski definition) is 1. The summed E-state index contributed by atoms with van der Waals surface area (Å²) in [5.74, 6) is 1.44. The molecule has 1 heterocycles. The molecule has 0 saturated carbocycles. The third kappa shape index (κ3) is 4.86. The van der Waals surface area contributed by atoms with Gasteiger partial charge in [0.05, 0.1) is 18.2 Å². The fraction of sp³-hybridized carbons (Fsp3) is 0.136. The van der Waals surface area contributed by atoms with E-state index in [1.165, 1.54) is 0 Å². The van der Waals surface area contributed by atoms with Crippen molar-refractivity contribution in [3.05, 3.63) is 83.6 Å². The molecular weight excluding hydrogens is 354 g/mol. The lowest BCUT2D eigenvalue weighted by Gasteiger charge is -2.11. The molecule has 0 bridgehead atoms. The van der Waals surface area contributed by atoms with Crippen LogP contribution in [-0.4, -0.2) is 17.5 Å². The molecule has 0 aliphatic rings. The van der Waals surface area contributed by atoms with Gasteiger partial charge in [-0.3, -0.25) is 4.79 Å². The highest BCUT2D eigenvalue weighted by Crippen LogP contribution is 2.30. The van der Waals surface area contributed by atoms with Gasteiger partial charge >= 0.3 is 0 Å². The van der Waals surface area contributed by atoms with Crippen LogP contribution in [-0.2, 0) is 6.54 Å². The fourth-order valence-electron chi connectivity index (χ4n) is 2.51. The maximum Gasteiger partial charge on any atom is 0.251 e. The summed E-state index contributed by atoms with van der Waals surface area (Å²) >= 11 is 0. The van der Waals surface area contributed by atoms with E-state index in [2.05, 4.69) is 10.3 Å². The number of aromatic nitrogens is 1. The van der Waals surface area contributed by atoms with Crippen LogP contribution < -0.4 is 14.8 Å². The van der Waals surface area contributed by atoms with E-state index in [1.807, 2.05) is 43.3 Å². The molecule has 3 rings (SSSR count). The second-order valence-electron chi connectivity index (χ2n) is 5.86. The van der Waals surface area contributed by atoms with Crippen molar-refractivity contribution in [3.63, 3.8) is 0 Å². The second-order valence-corrected chi connectivity index (χ2v) is 5.86. The molecule has 3 aromatic rings. The Hall–Kier alpha value is -3.85. The average Bonchev–Trinajstić information content (AvgIpc) is 2.74. The zero-order valence-corrected chi connectivity index (χ0v) is 15.4. The normalized spacial score (nSPS) is 10.0. The van der Waals surface area contributed by atoms with Crippen LogP contribution in [0.1, 0.15) is 28.4 Å². The van der Waals surface area contributed by atoms with Crippen molar-refractivity contribution < 1.29 is 14.3 Å². The number of carbonyl (C=O) groups excluding carboxylic acids is 1. The molecule has 2 aromatic carbocycles. The number of nitrogens with one attached hydrogen (secondary N) is 1. The molecule has 1 amide bonds. The number of amides is 1. The van der Waals surface area contributed by atoms with Crippen molar-refractivity contribution in [1.29, 1.82) is 5.26 Å². The van der Waals surface area contributed by atoms with Gasteiger partial charge in [0.1, 0.15) is 0 Å². The quantitative estimate of drug-likeness (QED) is 0.675. The van der Waals surface area contributed by atoms with Crippen molar-refractivity contribution in [2.75, 3.05) is 6.61 Å². The number of nitriles is 1. The van der Waals surface area contributed by atoms with Gasteiger partial charge in [0.15, 0.2) is 11.5 Å². The van der Waals surface area contributed by atoms with Crippen molar-refractivity contribution in [3.8, 4) is 23.4 Å². The van der Waals surface area contributed by atoms with E-state index in [9.17, 15) is 4.79 Å². The van der Waals surface area contributed by atoms with Gasteiger partial charge in [-0.25, -0.2) is 4.98 Å². The van der Waals surface area contributed by atoms with Gasteiger partial charge in [0.25, 0.3) is 5.91 Å². The van der Waals surface area contributed by atoms with Crippen LogP contribution in [0.2, 0.25) is 0 Å². The minimum absolute atomic E-state index is 0.247. The first-order valence-corrected chi connectivity index (χ1v) is 8.82. The van der Waals surface area contributed by atoms with Crippen molar-refractivity contribution >= 4 is 5.91 Å². The largest absolute Gasteiger partial charge is 0.490 e. The molecular formula is C22H19N3O3. The molecule has 0 spiro atoms. The van der Waals surface area contributed by atoms with E-state index >= 15 is 0 Å². The summed E-state index contributed by atoms with van der Waals surface area (Å²) in [7, 11) is 0. The second kappa shape index (κ2) is 9.19. The van der Waals surface area contributed by atoms with Crippen LogP contribution in [0.25, 0.3) is 0 Å². The highest BCUT2D eigenvalue weighted by atomic mass is 16.5. The van der Waals surface area contributed by atoms with Crippen molar-refractivity contribution in [2.45, 2.75) is 13.5 Å². The Balaban J connectivity index is 1.60. The Morgan fingerprint density at radius 2 is 1.93 bits per heavy atom. The van der Waals surface area contributed by atoms with E-state index in [-0.39, 0.29) is 5.91 Å². The Kier molecular flexibility index (Phi) is 6.21. The van der Waals surface area contributed by atoms with Crippen LogP contribution in [0.15, 0.2) is 66.9 Å². The van der Waals surface area contributed by atoms with Crippen LogP contribution in [0.4, 0.5) is 0 Å². The van der Waals surface area contributed by atoms with E-state index in [0.717, 1.165) is 5.56 Å². The van der Waals surface area contributed by atoms with Gasteiger partial charge in [-0.15, -0.1) is 0 Å². The van der Waals surface area contributed by atoms with E-state index in [0.29, 0.717) is 41.7 Å². The first-order chi connectivity index (χ1) is 13.7. The zero-order chi connectivity index (χ0) is 19.8. The van der Waals surface area contributed by atoms with Gasteiger partial charge in [0.2, 0.25) is 5.88 Å². The first kappa shape index (κ1) is 18.9. The lowest BCUT2D eigenvalue weighted by Crippen LogP contribution is -2.22. The molecule has 6 nitrogen and oxygen atoms in total. The Bertz CT molecular complexity index is 994. The summed E-state index contributed by atoms with van der Waals surface area (Å²) in [6, 6.07) is 19.5. The zero-order valence-electron chi connectivity index (χ0n) is 15.4. The third-order valence-corrected chi connectivity index (χ3v) is 3.87. The number of benzene rings is 2. The summed E-state index contributed by atoms with van der Waals surface area (Å²) < 4.78 is 11.3. The highest BCUT2D eigenvalue weighted by Gasteiger charge is 2.08. The van der Waals surface area contributed by atoms with Crippen LogP contribution in [0.5, 0.6) is 17.4 Å². The molecule has 0 fully saturated rings. The SMILES string of the molecule is CCOc1ccccc1Oc1ccc(CNC(=O)c2cccc(C#N)c2)cn1. The number of nitrogens with zero attached hydrogens (tertiary/aromatic N) is 2. The van der Waals surface area contributed by atoms with E-state index < -0.39 is 0 Å². The Morgan fingerprint density at radius 1 is 1.11 bits per heavy atom. The summed E-state index contributed by atoms with van der Waals surface area (Å²) in [4.78, 5) is 16.5. The molecule has 1 N–H and O–H groups in total. The molecule has 0 radical (unpaired) electrons. The first-order valence-electron chi connectivity index (χ1n) is 8.82. The van der Waals surface area contributed by atoms with Gasteiger partial charge in [-0.05, 0) is 42.8 Å². The van der Waals surface area contributed by atoms with E-state index in [4.69, 9.17) is 14.7 Å². The molecule has 0 aliphatic carbocycles. The minimum Gasteiger partial charge on any atom is -0.490 e. The number of carbonyl (C=O) groups is 1. The van der Waals surface area contributed by atoms with Crippen LogP contribution >= 0.6 is 0 Å². The summed E-state index contributed by atoms with van der Waals surface area (Å²) in [5.41, 5.74) is 1.72. The van der Waals surface area contributed by atoms with Crippen LogP contribution in [0, 0.1) is 11.3 Å². The maximum absolute atomic E-state index is 12.2. The Morgan fingerprint density at radius 3 is 2.64 bits per heavy atom. The standard InChI is InChI=1S/C22H19N3O3/c1-2-27-19-8-3-4-9-20(19)28-21-11-10-17(14-24-21)15-25-22(26)18-7-5-6-16(12-18)13-23/h3-12,14H,2,15H2,1H3,(H,25,26). The third-order valence-electron chi connectivity index (χ3n) is 3.87. The fourth-order valence-corrected chi connectivity index (χ4v) is 2.51. The maximum atomic E-state index is 12.2. The molecule has 0 aliphatic heterocycles. The van der Waals surface area contributed by atoms with Gasteiger partial charge in [0, 0.05) is 24.4 Å². The van der Waals surface area contributed by atoms with Gasteiger partial charge < -0.3 is 14.8 Å². The number of ether oxygens (including phenoxy) is 2. The summed E-state index contributed by atoms with van der Waals surface area (Å²) in [6.07, 6.45) is 1.64. The minimum atomic E-state index is -0.247. The molecule has 140 valence electrons. The summed E-state index contributed by atoms with van der Waals surface area (Å²) in [5, 5.41) is 11.7. The monoisotopic (exact) mass is 373 g/mol. The molecule has 0 unspecified atom stereocenters. The molecule has 1 aromatic heterocycles. The predicted molar refractivity (Wildman–Crippen MR) is 104 cm³/mol. The van der Waals surface area contributed by atoms with Crippen LogP contribution in [0.3, 0.4) is 0 Å². The van der Waals surface area contributed by atoms with Gasteiger partial charge in [-0.1, -0.05) is 24.3 Å². The smallest absolute Gasteiger partial charge is 0.251 e. The number of para-hydroxylation sites is 2. The molecule has 0 atom stereocenters.